The van der Waals surface area contributed by atoms with E-state index in [9.17, 15) is 4.39 Å². The number of aromatic nitrogens is 4. The molecule has 2 aromatic heterocycles. The van der Waals surface area contributed by atoms with Gasteiger partial charge in [-0.15, -0.1) is 12.4 Å². The summed E-state index contributed by atoms with van der Waals surface area (Å²) < 4.78 is 19.9. The standard InChI is InChI=1S/C18H23FN8O.ClH/c19-13-9-21-10-14(13)27-2-1-12-15(11-7-22-17(20)23-8-11)24-18(25-16(12)27)26-3-5-28-6-4-26;/h7-8,13-14,21H,1-6,9-10H2,(H2,20,22,23);1H/t13-,14+;/m0./s1. The quantitative estimate of drug-likeness (QED) is 0.729. The molecule has 0 saturated carbocycles. The molecule has 0 radical (unpaired) electrons. The van der Waals surface area contributed by atoms with Crippen molar-refractivity contribution in [1.82, 2.24) is 25.3 Å². The molecule has 29 heavy (non-hydrogen) atoms. The maximum absolute atomic E-state index is 14.4. The minimum atomic E-state index is -0.906. The predicted molar refractivity (Wildman–Crippen MR) is 110 cm³/mol. The van der Waals surface area contributed by atoms with E-state index in [1.807, 2.05) is 0 Å². The lowest BCUT2D eigenvalue weighted by Gasteiger charge is -2.30. The first-order valence-electron chi connectivity index (χ1n) is 9.63. The molecule has 0 unspecified atom stereocenters. The lowest BCUT2D eigenvalue weighted by atomic mass is 10.1. The smallest absolute Gasteiger partial charge is 0.228 e. The first-order valence-corrected chi connectivity index (χ1v) is 9.63. The van der Waals surface area contributed by atoms with Gasteiger partial charge in [-0.1, -0.05) is 0 Å². The second-order valence-electron chi connectivity index (χ2n) is 7.29. The first-order chi connectivity index (χ1) is 13.7. The zero-order chi connectivity index (χ0) is 19.1. The number of hydrogen-bond donors (Lipinski definition) is 2. The van der Waals surface area contributed by atoms with E-state index < -0.39 is 6.17 Å². The van der Waals surface area contributed by atoms with Crippen molar-refractivity contribution in [2.45, 2.75) is 18.6 Å². The van der Waals surface area contributed by atoms with Crippen molar-refractivity contribution in [3.8, 4) is 11.3 Å². The highest BCUT2D eigenvalue weighted by Gasteiger charge is 2.38. The van der Waals surface area contributed by atoms with Gasteiger partial charge in [-0.05, 0) is 6.42 Å². The van der Waals surface area contributed by atoms with Gasteiger partial charge in [-0.3, -0.25) is 0 Å². The number of nitrogens with zero attached hydrogens (tertiary/aromatic N) is 6. The number of halogens is 2. The fraction of sp³-hybridized carbons (Fsp3) is 0.556. The number of nitrogens with two attached hydrogens (primary N) is 1. The Kier molecular flexibility index (Phi) is 5.66. The molecule has 2 fully saturated rings. The third kappa shape index (κ3) is 3.67. The van der Waals surface area contributed by atoms with Gasteiger partial charge in [0.1, 0.15) is 12.0 Å². The lowest BCUT2D eigenvalue weighted by Crippen LogP contribution is -2.42. The number of nitrogens with one attached hydrogen (secondary N) is 1. The van der Waals surface area contributed by atoms with Crippen LogP contribution in [0.4, 0.5) is 22.1 Å². The lowest BCUT2D eigenvalue weighted by molar-refractivity contribution is 0.122. The minimum Gasteiger partial charge on any atom is -0.378 e. The van der Waals surface area contributed by atoms with E-state index in [1.54, 1.807) is 12.4 Å². The van der Waals surface area contributed by atoms with E-state index in [0.717, 1.165) is 48.7 Å². The molecule has 9 nitrogen and oxygen atoms in total. The minimum absolute atomic E-state index is 0. The third-order valence-corrected chi connectivity index (χ3v) is 5.60. The van der Waals surface area contributed by atoms with Crippen molar-refractivity contribution < 1.29 is 9.13 Å². The Balaban J connectivity index is 0.00000205. The van der Waals surface area contributed by atoms with E-state index in [4.69, 9.17) is 20.4 Å². The highest BCUT2D eigenvalue weighted by atomic mass is 35.5. The fourth-order valence-electron chi connectivity index (χ4n) is 4.13. The summed E-state index contributed by atoms with van der Waals surface area (Å²) in [5.74, 6) is 1.68. The van der Waals surface area contributed by atoms with Crippen molar-refractivity contribution in [3.63, 3.8) is 0 Å². The van der Waals surface area contributed by atoms with Gasteiger partial charge in [0.25, 0.3) is 0 Å². The third-order valence-electron chi connectivity index (χ3n) is 5.60. The molecule has 3 N–H and O–H groups in total. The number of morpholine rings is 1. The molecule has 11 heteroatoms. The summed E-state index contributed by atoms with van der Waals surface area (Å²) in [4.78, 5) is 22.2. The van der Waals surface area contributed by atoms with Crippen LogP contribution in [0.5, 0.6) is 0 Å². The second-order valence-corrected chi connectivity index (χ2v) is 7.29. The SMILES string of the molecule is Cl.Nc1ncc(-c2nc(N3CCOCC3)nc3c2CCN3[C@@H]2CNC[C@@H]2F)cn1. The van der Waals surface area contributed by atoms with Crippen molar-refractivity contribution in [2.75, 3.05) is 61.5 Å². The number of rotatable bonds is 3. The molecule has 0 aromatic carbocycles. The maximum atomic E-state index is 14.4. The fourth-order valence-corrected chi connectivity index (χ4v) is 4.13. The average Bonchev–Trinajstić information content (AvgIpc) is 3.34. The largest absolute Gasteiger partial charge is 0.378 e. The van der Waals surface area contributed by atoms with E-state index in [2.05, 4.69) is 25.1 Å². The van der Waals surface area contributed by atoms with Gasteiger partial charge in [-0.2, -0.15) is 4.98 Å². The van der Waals surface area contributed by atoms with Gasteiger partial charge in [0.05, 0.1) is 24.9 Å². The number of nitrogen functional groups attached to an aromatic ring is 1. The summed E-state index contributed by atoms with van der Waals surface area (Å²) >= 11 is 0. The van der Waals surface area contributed by atoms with Crippen molar-refractivity contribution in [1.29, 1.82) is 0 Å². The van der Waals surface area contributed by atoms with Crippen LogP contribution in [-0.4, -0.2) is 78.1 Å². The number of anilines is 3. The molecule has 156 valence electrons. The average molecular weight is 423 g/mol. The molecule has 2 atom stereocenters. The van der Waals surface area contributed by atoms with Crippen LogP contribution in [0.2, 0.25) is 0 Å². The molecule has 3 aliphatic rings. The second kappa shape index (κ2) is 8.21. The molecule has 3 aliphatic heterocycles. The molecule has 5 rings (SSSR count). The van der Waals surface area contributed by atoms with E-state index in [0.29, 0.717) is 32.3 Å². The van der Waals surface area contributed by atoms with Crippen LogP contribution in [0.1, 0.15) is 5.56 Å². The molecule has 0 spiro atoms. The summed E-state index contributed by atoms with van der Waals surface area (Å²) in [5.41, 5.74) is 8.27. The van der Waals surface area contributed by atoms with E-state index in [-0.39, 0.29) is 24.4 Å². The Morgan fingerprint density at radius 3 is 2.55 bits per heavy atom. The topological polar surface area (TPSA) is 105 Å². The van der Waals surface area contributed by atoms with E-state index in [1.165, 1.54) is 0 Å². The Bertz CT molecular complexity index is 864. The highest BCUT2D eigenvalue weighted by molar-refractivity contribution is 5.85. The van der Waals surface area contributed by atoms with Gasteiger partial charge in [0, 0.05) is 56.2 Å². The number of fused-ring (bicyclic) bond motifs is 1. The number of alkyl halides is 1. The van der Waals surface area contributed by atoms with Crippen molar-refractivity contribution in [2.24, 2.45) is 0 Å². The Morgan fingerprint density at radius 2 is 1.86 bits per heavy atom. The molecule has 2 saturated heterocycles. The summed E-state index contributed by atoms with van der Waals surface area (Å²) in [5, 5.41) is 3.14. The van der Waals surface area contributed by atoms with Crippen LogP contribution in [0, 0.1) is 0 Å². The Hall–Kier alpha value is -2.30. The van der Waals surface area contributed by atoms with Crippen LogP contribution >= 0.6 is 12.4 Å². The normalized spacial score (nSPS) is 23.8. The first kappa shape index (κ1) is 20.0. The van der Waals surface area contributed by atoms with Crippen LogP contribution in [-0.2, 0) is 11.2 Å². The van der Waals surface area contributed by atoms with Crippen LogP contribution < -0.4 is 20.9 Å². The van der Waals surface area contributed by atoms with E-state index >= 15 is 0 Å². The molecular formula is C18H24ClFN8O. The van der Waals surface area contributed by atoms with Crippen LogP contribution in [0.25, 0.3) is 11.3 Å². The van der Waals surface area contributed by atoms with Gasteiger partial charge < -0.3 is 25.6 Å². The summed E-state index contributed by atoms with van der Waals surface area (Å²) in [7, 11) is 0. The Labute approximate surface area is 174 Å². The Morgan fingerprint density at radius 1 is 1.10 bits per heavy atom. The number of hydrogen-bond acceptors (Lipinski definition) is 9. The summed E-state index contributed by atoms with van der Waals surface area (Å²) in [6.07, 6.45) is 3.23. The predicted octanol–water partition coefficient (Wildman–Crippen LogP) is 0.447. The number of ether oxygens (including phenoxy) is 1. The molecular weight excluding hydrogens is 399 g/mol. The van der Waals surface area contributed by atoms with Crippen LogP contribution in [0.3, 0.4) is 0 Å². The molecule has 0 bridgehead atoms. The molecule has 0 aliphatic carbocycles. The van der Waals surface area contributed by atoms with Crippen molar-refractivity contribution in [3.05, 3.63) is 18.0 Å². The van der Waals surface area contributed by atoms with Gasteiger partial charge in [0.15, 0.2) is 0 Å². The zero-order valence-electron chi connectivity index (χ0n) is 15.9. The molecule has 5 heterocycles. The monoisotopic (exact) mass is 422 g/mol. The van der Waals surface area contributed by atoms with Crippen molar-refractivity contribution >= 4 is 30.1 Å². The summed E-state index contributed by atoms with van der Waals surface area (Å²) in [6.45, 7) is 4.48. The summed E-state index contributed by atoms with van der Waals surface area (Å²) in [6, 6.07) is -0.204. The zero-order valence-corrected chi connectivity index (χ0v) is 16.7. The van der Waals surface area contributed by atoms with Gasteiger partial charge in [-0.25, -0.2) is 19.3 Å². The molecule has 2 aromatic rings. The van der Waals surface area contributed by atoms with Gasteiger partial charge in [0.2, 0.25) is 11.9 Å². The molecule has 0 amide bonds. The van der Waals surface area contributed by atoms with Crippen LogP contribution in [0.15, 0.2) is 12.4 Å². The maximum Gasteiger partial charge on any atom is 0.228 e. The highest BCUT2D eigenvalue weighted by Crippen LogP contribution is 2.37. The van der Waals surface area contributed by atoms with Gasteiger partial charge >= 0.3 is 0 Å².